The maximum absolute atomic E-state index is 5.75. The third-order valence-corrected chi connectivity index (χ3v) is 3.10. The summed E-state index contributed by atoms with van der Waals surface area (Å²) in [6.45, 7) is 1.42. The Labute approximate surface area is 129 Å². The summed E-state index contributed by atoms with van der Waals surface area (Å²) in [6, 6.07) is 9.62. The largest absolute Gasteiger partial charge is 0.356 e. The topological polar surface area (TPSA) is 62.2 Å². The van der Waals surface area contributed by atoms with Gasteiger partial charge in [0.15, 0.2) is 5.96 Å². The van der Waals surface area contributed by atoms with E-state index < -0.39 is 0 Å². The first kappa shape index (κ1) is 15.3. The molecule has 110 valence electrons. The summed E-state index contributed by atoms with van der Waals surface area (Å²) >= 11 is 5.75. The molecule has 0 aromatic carbocycles. The smallest absolute Gasteiger partial charge is 0.191 e. The van der Waals surface area contributed by atoms with Crippen molar-refractivity contribution in [2.45, 2.75) is 13.0 Å². The molecule has 0 atom stereocenters. The van der Waals surface area contributed by atoms with Crippen LogP contribution in [0.15, 0.2) is 47.7 Å². The number of hydrogen-bond donors (Lipinski definition) is 2. The molecule has 0 amide bonds. The molecular weight excluding hydrogens is 286 g/mol. The minimum absolute atomic E-state index is 0.497. The standard InChI is InChI=1S/C15H18ClN5/c1-17-15(19-9-7-13-4-2-3-8-18-13)21-11-12-5-6-14(16)20-10-12/h2-6,8,10H,7,9,11H2,1H3,(H2,17,19,21). The number of nitrogens with zero attached hydrogens (tertiary/aromatic N) is 3. The number of rotatable bonds is 5. The lowest BCUT2D eigenvalue weighted by atomic mass is 10.3. The summed E-state index contributed by atoms with van der Waals surface area (Å²) in [5, 5.41) is 6.98. The molecule has 2 heterocycles. The van der Waals surface area contributed by atoms with Gasteiger partial charge in [0.05, 0.1) is 0 Å². The lowest BCUT2D eigenvalue weighted by molar-refractivity contribution is 0.783. The van der Waals surface area contributed by atoms with E-state index in [4.69, 9.17) is 11.6 Å². The number of nitrogens with one attached hydrogen (secondary N) is 2. The van der Waals surface area contributed by atoms with E-state index in [9.17, 15) is 0 Å². The fourth-order valence-corrected chi connectivity index (χ4v) is 1.88. The average Bonchev–Trinajstić information content (AvgIpc) is 2.53. The lowest BCUT2D eigenvalue weighted by Crippen LogP contribution is -2.37. The Kier molecular flexibility index (Phi) is 5.97. The molecule has 0 spiro atoms. The van der Waals surface area contributed by atoms with Crippen molar-refractivity contribution >= 4 is 17.6 Å². The molecule has 21 heavy (non-hydrogen) atoms. The van der Waals surface area contributed by atoms with Crippen LogP contribution in [0.4, 0.5) is 0 Å². The average molecular weight is 304 g/mol. The van der Waals surface area contributed by atoms with Crippen molar-refractivity contribution in [1.29, 1.82) is 0 Å². The first-order valence-electron chi connectivity index (χ1n) is 6.73. The number of guanidine groups is 1. The molecule has 0 aliphatic heterocycles. The van der Waals surface area contributed by atoms with Crippen molar-refractivity contribution in [2.24, 2.45) is 4.99 Å². The highest BCUT2D eigenvalue weighted by atomic mass is 35.5. The molecule has 0 fully saturated rings. The molecule has 2 N–H and O–H groups in total. The monoisotopic (exact) mass is 303 g/mol. The zero-order valence-electron chi connectivity index (χ0n) is 11.9. The highest BCUT2D eigenvalue weighted by molar-refractivity contribution is 6.29. The van der Waals surface area contributed by atoms with E-state index in [2.05, 4.69) is 25.6 Å². The van der Waals surface area contributed by atoms with Gasteiger partial charge in [-0.1, -0.05) is 23.7 Å². The van der Waals surface area contributed by atoms with Crippen LogP contribution in [-0.4, -0.2) is 29.5 Å². The second kappa shape index (κ2) is 8.21. The van der Waals surface area contributed by atoms with Gasteiger partial charge in [-0.15, -0.1) is 0 Å². The molecule has 2 aromatic heterocycles. The summed E-state index contributed by atoms with van der Waals surface area (Å²) < 4.78 is 0. The van der Waals surface area contributed by atoms with Crippen molar-refractivity contribution in [3.05, 3.63) is 59.1 Å². The molecule has 0 saturated carbocycles. The molecule has 2 aromatic rings. The highest BCUT2D eigenvalue weighted by Gasteiger charge is 1.99. The Morgan fingerprint density at radius 3 is 2.76 bits per heavy atom. The molecular formula is C15H18ClN5. The van der Waals surface area contributed by atoms with E-state index in [1.807, 2.05) is 24.3 Å². The van der Waals surface area contributed by atoms with Gasteiger partial charge >= 0.3 is 0 Å². The lowest BCUT2D eigenvalue weighted by Gasteiger charge is -2.11. The molecule has 0 aliphatic rings. The first-order chi connectivity index (χ1) is 10.3. The number of pyridine rings is 2. The van der Waals surface area contributed by atoms with Crippen LogP contribution in [0.2, 0.25) is 5.15 Å². The Morgan fingerprint density at radius 2 is 2.10 bits per heavy atom. The molecule has 0 unspecified atom stereocenters. The minimum atomic E-state index is 0.497. The van der Waals surface area contributed by atoms with Crippen molar-refractivity contribution in [2.75, 3.05) is 13.6 Å². The summed E-state index contributed by atoms with van der Waals surface area (Å²) in [6.07, 6.45) is 4.40. The van der Waals surface area contributed by atoms with Gasteiger partial charge in [-0.05, 0) is 23.8 Å². The van der Waals surface area contributed by atoms with Crippen LogP contribution in [0.1, 0.15) is 11.3 Å². The molecule has 5 nitrogen and oxygen atoms in total. The van der Waals surface area contributed by atoms with E-state index >= 15 is 0 Å². The summed E-state index contributed by atoms with van der Waals surface area (Å²) in [4.78, 5) is 12.5. The van der Waals surface area contributed by atoms with E-state index in [1.54, 1.807) is 25.5 Å². The molecule has 0 saturated heterocycles. The Balaban J connectivity index is 1.74. The maximum atomic E-state index is 5.75. The van der Waals surface area contributed by atoms with E-state index in [0.717, 1.165) is 30.2 Å². The maximum Gasteiger partial charge on any atom is 0.191 e. The zero-order valence-corrected chi connectivity index (χ0v) is 12.6. The van der Waals surface area contributed by atoms with E-state index in [-0.39, 0.29) is 0 Å². The Morgan fingerprint density at radius 1 is 1.19 bits per heavy atom. The number of aliphatic imine (C=N–C) groups is 1. The van der Waals surface area contributed by atoms with Crippen LogP contribution in [0.3, 0.4) is 0 Å². The van der Waals surface area contributed by atoms with Crippen LogP contribution < -0.4 is 10.6 Å². The number of halogens is 1. The van der Waals surface area contributed by atoms with Gasteiger partial charge in [-0.25, -0.2) is 4.98 Å². The SMILES string of the molecule is CN=C(NCCc1ccccn1)NCc1ccc(Cl)nc1. The van der Waals surface area contributed by atoms with Crippen LogP contribution in [0.25, 0.3) is 0 Å². The van der Waals surface area contributed by atoms with Crippen LogP contribution in [-0.2, 0) is 13.0 Å². The van der Waals surface area contributed by atoms with Crippen molar-refractivity contribution in [3.63, 3.8) is 0 Å². The van der Waals surface area contributed by atoms with Crippen molar-refractivity contribution < 1.29 is 0 Å². The molecule has 0 bridgehead atoms. The van der Waals surface area contributed by atoms with E-state index in [1.165, 1.54) is 0 Å². The van der Waals surface area contributed by atoms with Gasteiger partial charge < -0.3 is 10.6 Å². The molecule has 0 aliphatic carbocycles. The second-order valence-corrected chi connectivity index (χ2v) is 4.80. The summed E-state index contributed by atoms with van der Waals surface area (Å²) in [7, 11) is 1.75. The minimum Gasteiger partial charge on any atom is -0.356 e. The van der Waals surface area contributed by atoms with Gasteiger partial charge in [-0.2, -0.15) is 0 Å². The molecule has 6 heteroatoms. The zero-order chi connectivity index (χ0) is 14.9. The fourth-order valence-electron chi connectivity index (χ4n) is 1.77. The molecule has 2 rings (SSSR count). The fraction of sp³-hybridized carbons (Fsp3) is 0.267. The molecule has 0 radical (unpaired) electrons. The number of hydrogen-bond acceptors (Lipinski definition) is 3. The van der Waals surface area contributed by atoms with Gasteiger partial charge in [0.2, 0.25) is 0 Å². The third-order valence-electron chi connectivity index (χ3n) is 2.87. The summed E-state index contributed by atoms with van der Waals surface area (Å²) in [5.74, 6) is 0.751. The predicted octanol–water partition coefficient (Wildman–Crippen LogP) is 2.04. The van der Waals surface area contributed by atoms with Crippen LogP contribution >= 0.6 is 11.6 Å². The van der Waals surface area contributed by atoms with Crippen molar-refractivity contribution in [1.82, 2.24) is 20.6 Å². The predicted molar refractivity (Wildman–Crippen MR) is 85.4 cm³/mol. The van der Waals surface area contributed by atoms with Gasteiger partial charge in [0.25, 0.3) is 0 Å². The number of aromatic nitrogens is 2. The van der Waals surface area contributed by atoms with Gasteiger partial charge in [0, 0.05) is 44.6 Å². The first-order valence-corrected chi connectivity index (χ1v) is 7.10. The third kappa shape index (κ3) is 5.39. The van der Waals surface area contributed by atoms with Crippen LogP contribution in [0.5, 0.6) is 0 Å². The quantitative estimate of drug-likeness (QED) is 0.504. The highest BCUT2D eigenvalue weighted by Crippen LogP contribution is 2.04. The second-order valence-electron chi connectivity index (χ2n) is 4.41. The summed E-state index contributed by atoms with van der Waals surface area (Å²) in [5.41, 5.74) is 2.11. The van der Waals surface area contributed by atoms with Crippen molar-refractivity contribution in [3.8, 4) is 0 Å². The Hall–Kier alpha value is -2.14. The van der Waals surface area contributed by atoms with Gasteiger partial charge in [0.1, 0.15) is 5.15 Å². The normalized spacial score (nSPS) is 11.2. The Bertz CT molecular complexity index is 568. The van der Waals surface area contributed by atoms with Gasteiger partial charge in [-0.3, -0.25) is 9.98 Å². The van der Waals surface area contributed by atoms with Crippen LogP contribution in [0, 0.1) is 0 Å². The van der Waals surface area contributed by atoms with E-state index in [0.29, 0.717) is 11.7 Å².